The molecule has 1 unspecified atom stereocenters. The van der Waals surface area contributed by atoms with Crippen LogP contribution in [0.3, 0.4) is 0 Å². The molecule has 0 spiro atoms. The zero-order valence-electron chi connectivity index (χ0n) is 14.5. The van der Waals surface area contributed by atoms with Crippen molar-refractivity contribution in [2.75, 3.05) is 18.0 Å². The highest BCUT2D eigenvalue weighted by molar-refractivity contribution is 6.30. The van der Waals surface area contributed by atoms with E-state index in [1.165, 1.54) is 12.1 Å². The number of nitrogens with zero attached hydrogens (tertiary/aromatic N) is 1. The van der Waals surface area contributed by atoms with Crippen molar-refractivity contribution in [3.63, 3.8) is 0 Å². The number of hydrogen-bond acceptors (Lipinski definition) is 3. The number of amides is 1. The molecule has 1 atom stereocenters. The van der Waals surface area contributed by atoms with Crippen LogP contribution in [-0.4, -0.2) is 36.1 Å². The average Bonchev–Trinajstić information content (AvgIpc) is 3.03. The van der Waals surface area contributed by atoms with Crippen molar-refractivity contribution in [1.29, 1.82) is 0 Å². The molecule has 2 N–H and O–H groups in total. The second-order valence-electron chi connectivity index (χ2n) is 6.57. The number of carbonyl (C=O) groups excluding carboxylic acids is 1. The first-order chi connectivity index (χ1) is 11.8. The highest BCUT2D eigenvalue weighted by Crippen LogP contribution is 2.31. The van der Waals surface area contributed by atoms with Crippen LogP contribution in [0.25, 0.3) is 0 Å². The van der Waals surface area contributed by atoms with E-state index in [0.29, 0.717) is 25.9 Å². The number of carbonyl (C=O) groups is 2. The lowest BCUT2D eigenvalue weighted by Crippen LogP contribution is -2.42. The van der Waals surface area contributed by atoms with E-state index in [1.807, 2.05) is 4.90 Å². The Kier molecular flexibility index (Phi) is 6.27. The van der Waals surface area contributed by atoms with Crippen LogP contribution in [0.4, 0.5) is 10.1 Å². The van der Waals surface area contributed by atoms with E-state index in [1.54, 1.807) is 19.9 Å². The molecule has 7 heteroatoms. The van der Waals surface area contributed by atoms with E-state index < -0.39 is 17.2 Å². The summed E-state index contributed by atoms with van der Waals surface area (Å²) in [6.45, 7) is 4.83. The third-order valence-corrected chi connectivity index (χ3v) is 5.43. The number of rotatable bonds is 7. The Morgan fingerprint density at radius 3 is 2.64 bits per heavy atom. The molecule has 0 aromatic heterocycles. The van der Waals surface area contributed by atoms with E-state index in [4.69, 9.17) is 11.6 Å². The molecule has 25 heavy (non-hydrogen) atoms. The summed E-state index contributed by atoms with van der Waals surface area (Å²) in [5.74, 6) is -1.65. The summed E-state index contributed by atoms with van der Waals surface area (Å²) >= 11 is 5.70. The van der Waals surface area contributed by atoms with Gasteiger partial charge < -0.3 is 15.3 Å². The number of anilines is 1. The molecule has 1 aromatic rings. The molecule has 1 aliphatic rings. The quantitative estimate of drug-likeness (QED) is 0.771. The van der Waals surface area contributed by atoms with E-state index in [9.17, 15) is 19.1 Å². The first-order valence-electron chi connectivity index (χ1n) is 8.54. The summed E-state index contributed by atoms with van der Waals surface area (Å²) in [5, 5.41) is 12.4. The van der Waals surface area contributed by atoms with Crippen molar-refractivity contribution >= 4 is 29.2 Å². The van der Waals surface area contributed by atoms with Crippen LogP contribution in [0.15, 0.2) is 18.2 Å². The molecule has 0 bridgehead atoms. The van der Waals surface area contributed by atoms with Gasteiger partial charge in [-0.15, -0.1) is 0 Å². The fourth-order valence-corrected chi connectivity index (χ4v) is 3.38. The molecule has 0 radical (unpaired) electrons. The standard InChI is InChI=1S/C18H24ClFN2O3/c1-3-18(4-2,17(24)25)10-16(23)21-12-7-8-22(11-12)13-5-6-14(19)15(20)9-13/h5-6,9,12H,3-4,7-8,10-11H2,1-2H3,(H,21,23)(H,24,25). The van der Waals surface area contributed by atoms with Gasteiger partial charge in [0.25, 0.3) is 0 Å². The molecular formula is C18H24ClFN2O3. The molecule has 1 fully saturated rings. The Hall–Kier alpha value is -1.82. The van der Waals surface area contributed by atoms with Gasteiger partial charge in [-0.3, -0.25) is 9.59 Å². The minimum Gasteiger partial charge on any atom is -0.481 e. The molecule has 1 aliphatic heterocycles. The van der Waals surface area contributed by atoms with Crippen LogP contribution in [0, 0.1) is 11.2 Å². The number of carboxylic acid groups (broad SMARTS) is 1. The number of benzene rings is 1. The van der Waals surface area contributed by atoms with Crippen molar-refractivity contribution in [2.45, 2.75) is 45.6 Å². The first-order valence-corrected chi connectivity index (χ1v) is 8.92. The van der Waals surface area contributed by atoms with E-state index in [2.05, 4.69) is 5.32 Å². The summed E-state index contributed by atoms with van der Waals surface area (Å²) in [6.07, 6.45) is 1.52. The normalized spacial score (nSPS) is 17.6. The number of aliphatic carboxylic acids is 1. The van der Waals surface area contributed by atoms with Gasteiger partial charge in [-0.05, 0) is 37.5 Å². The van der Waals surface area contributed by atoms with Gasteiger partial charge in [-0.25, -0.2) is 4.39 Å². The molecule has 1 heterocycles. The summed E-state index contributed by atoms with van der Waals surface area (Å²) in [7, 11) is 0. The third-order valence-electron chi connectivity index (χ3n) is 5.13. The van der Waals surface area contributed by atoms with Gasteiger partial charge in [0, 0.05) is 31.2 Å². The first kappa shape index (κ1) is 19.5. The Bertz CT molecular complexity index is 649. The second kappa shape index (κ2) is 8.04. The minimum absolute atomic E-state index is 0.0264. The molecule has 138 valence electrons. The summed E-state index contributed by atoms with van der Waals surface area (Å²) < 4.78 is 13.6. The van der Waals surface area contributed by atoms with Crippen molar-refractivity contribution in [2.24, 2.45) is 5.41 Å². The van der Waals surface area contributed by atoms with Gasteiger partial charge in [-0.2, -0.15) is 0 Å². The van der Waals surface area contributed by atoms with Gasteiger partial charge in [0.05, 0.1) is 10.4 Å². The molecule has 1 aromatic carbocycles. The highest BCUT2D eigenvalue weighted by atomic mass is 35.5. The van der Waals surface area contributed by atoms with Gasteiger partial charge in [0.1, 0.15) is 5.82 Å². The Labute approximate surface area is 152 Å². The van der Waals surface area contributed by atoms with Gasteiger partial charge >= 0.3 is 5.97 Å². The Morgan fingerprint density at radius 2 is 2.08 bits per heavy atom. The second-order valence-corrected chi connectivity index (χ2v) is 6.97. The third kappa shape index (κ3) is 4.42. The van der Waals surface area contributed by atoms with Gasteiger partial charge in [0.2, 0.25) is 5.91 Å². The molecule has 1 saturated heterocycles. The monoisotopic (exact) mass is 370 g/mol. The van der Waals surface area contributed by atoms with Crippen molar-refractivity contribution in [1.82, 2.24) is 5.32 Å². The zero-order valence-corrected chi connectivity index (χ0v) is 15.3. The SMILES string of the molecule is CCC(CC)(CC(=O)NC1CCN(c2ccc(Cl)c(F)c2)C1)C(=O)O. The smallest absolute Gasteiger partial charge is 0.310 e. The maximum atomic E-state index is 13.6. The van der Waals surface area contributed by atoms with Gasteiger partial charge in [-0.1, -0.05) is 25.4 Å². The minimum atomic E-state index is -1.01. The topological polar surface area (TPSA) is 69.6 Å². The molecule has 2 rings (SSSR count). The maximum Gasteiger partial charge on any atom is 0.310 e. The van der Waals surface area contributed by atoms with E-state index in [0.717, 1.165) is 12.1 Å². The lowest BCUT2D eigenvalue weighted by molar-refractivity contribution is -0.152. The zero-order chi connectivity index (χ0) is 18.6. The van der Waals surface area contributed by atoms with E-state index >= 15 is 0 Å². The predicted octanol–water partition coefficient (Wildman–Crippen LogP) is 3.46. The molecule has 0 aliphatic carbocycles. The number of carboxylic acids is 1. The van der Waals surface area contributed by atoms with Crippen molar-refractivity contribution in [3.8, 4) is 0 Å². The number of hydrogen-bond donors (Lipinski definition) is 2. The van der Waals surface area contributed by atoms with Gasteiger partial charge in [0.15, 0.2) is 0 Å². The summed E-state index contributed by atoms with van der Waals surface area (Å²) in [4.78, 5) is 25.8. The number of halogens is 2. The summed E-state index contributed by atoms with van der Waals surface area (Å²) in [6, 6.07) is 4.57. The van der Waals surface area contributed by atoms with Crippen molar-refractivity contribution in [3.05, 3.63) is 29.0 Å². The molecule has 0 saturated carbocycles. The lowest BCUT2D eigenvalue weighted by Gasteiger charge is -2.26. The highest BCUT2D eigenvalue weighted by Gasteiger charge is 2.38. The van der Waals surface area contributed by atoms with Crippen LogP contribution in [0.5, 0.6) is 0 Å². The van der Waals surface area contributed by atoms with E-state index in [-0.39, 0.29) is 23.4 Å². The number of nitrogens with one attached hydrogen (secondary N) is 1. The van der Waals surface area contributed by atoms with Crippen LogP contribution < -0.4 is 10.2 Å². The van der Waals surface area contributed by atoms with Crippen molar-refractivity contribution < 1.29 is 19.1 Å². The predicted molar refractivity (Wildman–Crippen MR) is 95.4 cm³/mol. The Morgan fingerprint density at radius 1 is 1.40 bits per heavy atom. The van der Waals surface area contributed by atoms with Crippen LogP contribution in [0.2, 0.25) is 5.02 Å². The molecule has 1 amide bonds. The maximum absolute atomic E-state index is 13.6. The lowest BCUT2D eigenvalue weighted by atomic mass is 9.79. The van der Waals surface area contributed by atoms with Crippen LogP contribution in [0.1, 0.15) is 39.5 Å². The fraction of sp³-hybridized carbons (Fsp3) is 0.556. The fourth-order valence-electron chi connectivity index (χ4n) is 3.26. The average molecular weight is 371 g/mol. The van der Waals surface area contributed by atoms with Crippen LogP contribution in [-0.2, 0) is 9.59 Å². The largest absolute Gasteiger partial charge is 0.481 e. The molecular weight excluding hydrogens is 347 g/mol. The molecule has 5 nitrogen and oxygen atoms in total. The Balaban J connectivity index is 1.95. The van der Waals surface area contributed by atoms with Crippen LogP contribution >= 0.6 is 11.6 Å². The summed E-state index contributed by atoms with van der Waals surface area (Å²) in [5.41, 5.74) is -0.289.